The molecule has 1 atom stereocenters. The third-order valence-electron chi connectivity index (χ3n) is 2.87. The van der Waals surface area contributed by atoms with Crippen LogP contribution in [0.5, 0.6) is 0 Å². The maximum absolute atomic E-state index is 11.7. The molecule has 0 fully saturated rings. The number of carbonyl (C=O) groups excluding carboxylic acids is 2. The van der Waals surface area contributed by atoms with E-state index in [0.29, 0.717) is 5.92 Å². The van der Waals surface area contributed by atoms with Gasteiger partial charge in [0.1, 0.15) is 5.38 Å². The lowest BCUT2D eigenvalue weighted by molar-refractivity contribution is -0.120. The minimum Gasteiger partial charge on any atom is -0.354 e. The molecule has 0 unspecified atom stereocenters. The minimum absolute atomic E-state index is 0.134. The third-order valence-corrected chi connectivity index (χ3v) is 3.07. The molecule has 0 saturated heterocycles. The highest BCUT2D eigenvalue weighted by Gasteiger charge is 2.09. The summed E-state index contributed by atoms with van der Waals surface area (Å²) in [5.41, 5.74) is 1.99. The van der Waals surface area contributed by atoms with E-state index in [9.17, 15) is 9.59 Å². The van der Waals surface area contributed by atoms with Crippen LogP contribution in [-0.2, 0) is 9.59 Å². The number of carbonyl (C=O) groups is 2. The first-order chi connectivity index (χ1) is 9.40. The molecule has 20 heavy (non-hydrogen) atoms. The molecular formula is C15H21ClN2O2. The molecule has 4 nitrogen and oxygen atoms in total. The molecule has 110 valence electrons. The minimum atomic E-state index is -0.582. The lowest BCUT2D eigenvalue weighted by Gasteiger charge is -2.09. The molecule has 0 aliphatic rings. The van der Waals surface area contributed by atoms with E-state index in [4.69, 9.17) is 11.6 Å². The van der Waals surface area contributed by atoms with E-state index in [0.717, 1.165) is 5.69 Å². The van der Waals surface area contributed by atoms with Crippen LogP contribution in [0.25, 0.3) is 0 Å². The number of halogens is 1. The molecule has 0 radical (unpaired) electrons. The summed E-state index contributed by atoms with van der Waals surface area (Å²) in [6.07, 6.45) is 0.223. The van der Waals surface area contributed by atoms with Gasteiger partial charge in [0.05, 0.1) is 0 Å². The summed E-state index contributed by atoms with van der Waals surface area (Å²) < 4.78 is 0. The summed E-state index contributed by atoms with van der Waals surface area (Å²) >= 11 is 5.60. The van der Waals surface area contributed by atoms with E-state index in [-0.39, 0.29) is 24.8 Å². The van der Waals surface area contributed by atoms with Crippen LogP contribution >= 0.6 is 11.6 Å². The van der Waals surface area contributed by atoms with Crippen molar-refractivity contribution in [2.45, 2.75) is 38.5 Å². The van der Waals surface area contributed by atoms with Crippen molar-refractivity contribution in [1.29, 1.82) is 0 Å². The van der Waals surface area contributed by atoms with E-state index in [1.165, 1.54) is 5.56 Å². The maximum Gasteiger partial charge on any atom is 0.237 e. The summed E-state index contributed by atoms with van der Waals surface area (Å²) in [5.74, 6) is 0.0677. The van der Waals surface area contributed by atoms with Crippen LogP contribution in [0, 0.1) is 0 Å². The molecule has 0 saturated carbocycles. The molecule has 1 rings (SSSR count). The number of benzene rings is 1. The van der Waals surface area contributed by atoms with Gasteiger partial charge in [0.25, 0.3) is 0 Å². The number of hydrogen-bond donors (Lipinski definition) is 2. The van der Waals surface area contributed by atoms with Crippen molar-refractivity contribution in [2.75, 3.05) is 11.9 Å². The Balaban J connectivity index is 2.37. The average Bonchev–Trinajstić information content (AvgIpc) is 2.39. The molecule has 2 amide bonds. The average molecular weight is 297 g/mol. The van der Waals surface area contributed by atoms with Gasteiger partial charge in [-0.2, -0.15) is 0 Å². The zero-order chi connectivity index (χ0) is 15.1. The van der Waals surface area contributed by atoms with Crippen LogP contribution in [0.2, 0.25) is 0 Å². The zero-order valence-corrected chi connectivity index (χ0v) is 12.8. The normalized spacial score (nSPS) is 12.1. The van der Waals surface area contributed by atoms with Gasteiger partial charge < -0.3 is 10.6 Å². The van der Waals surface area contributed by atoms with Gasteiger partial charge in [-0.3, -0.25) is 9.59 Å². The summed E-state index contributed by atoms with van der Waals surface area (Å²) in [6.45, 7) is 6.11. The topological polar surface area (TPSA) is 58.2 Å². The Kier molecular flexibility index (Phi) is 6.52. The fraction of sp³-hybridized carbons (Fsp3) is 0.467. The first-order valence-corrected chi connectivity index (χ1v) is 7.15. The molecule has 0 heterocycles. The van der Waals surface area contributed by atoms with Crippen molar-refractivity contribution in [1.82, 2.24) is 5.32 Å². The molecule has 5 heteroatoms. The van der Waals surface area contributed by atoms with E-state index in [2.05, 4.69) is 24.5 Å². The fourth-order valence-electron chi connectivity index (χ4n) is 1.61. The van der Waals surface area contributed by atoms with Crippen LogP contribution in [-0.4, -0.2) is 23.7 Å². The predicted molar refractivity (Wildman–Crippen MR) is 82.1 cm³/mol. The van der Waals surface area contributed by atoms with Gasteiger partial charge in [0.15, 0.2) is 0 Å². The van der Waals surface area contributed by atoms with Gasteiger partial charge in [-0.15, -0.1) is 11.6 Å². The summed E-state index contributed by atoms with van der Waals surface area (Å²) in [4.78, 5) is 22.9. The predicted octanol–water partition coefficient (Wildman–Crippen LogP) is 2.88. The van der Waals surface area contributed by atoms with E-state index in [1.54, 1.807) is 6.92 Å². The van der Waals surface area contributed by atoms with Gasteiger partial charge in [-0.05, 0) is 30.5 Å². The number of rotatable bonds is 6. The Labute approximate surface area is 124 Å². The number of nitrogens with one attached hydrogen (secondary N) is 2. The van der Waals surface area contributed by atoms with Crippen LogP contribution < -0.4 is 10.6 Å². The molecule has 0 aliphatic heterocycles. The van der Waals surface area contributed by atoms with Crippen LogP contribution in [0.4, 0.5) is 5.69 Å². The van der Waals surface area contributed by atoms with E-state index in [1.807, 2.05) is 24.3 Å². The summed E-state index contributed by atoms with van der Waals surface area (Å²) in [6, 6.07) is 7.76. The van der Waals surface area contributed by atoms with Crippen LogP contribution in [0.1, 0.15) is 38.7 Å². The summed E-state index contributed by atoms with van der Waals surface area (Å²) in [7, 11) is 0. The second-order valence-electron chi connectivity index (χ2n) is 4.98. The van der Waals surface area contributed by atoms with Crippen molar-refractivity contribution >= 4 is 29.1 Å². The molecule has 0 spiro atoms. The number of anilines is 1. The van der Waals surface area contributed by atoms with E-state index < -0.39 is 5.38 Å². The SMILES string of the molecule is CC(C)c1ccc(NC(=O)CCNC(=O)[C@H](C)Cl)cc1. The molecule has 0 bridgehead atoms. The van der Waals surface area contributed by atoms with Crippen molar-refractivity contribution in [3.63, 3.8) is 0 Å². The third kappa shape index (κ3) is 5.61. The second-order valence-corrected chi connectivity index (χ2v) is 5.64. The van der Waals surface area contributed by atoms with Gasteiger partial charge in [0, 0.05) is 18.7 Å². The molecular weight excluding hydrogens is 276 g/mol. The van der Waals surface area contributed by atoms with Gasteiger partial charge in [-0.1, -0.05) is 26.0 Å². The molecule has 1 aromatic rings. The highest BCUT2D eigenvalue weighted by molar-refractivity contribution is 6.30. The number of hydrogen-bond acceptors (Lipinski definition) is 2. The van der Waals surface area contributed by atoms with Crippen molar-refractivity contribution in [3.05, 3.63) is 29.8 Å². The second kappa shape index (κ2) is 7.90. The fourth-order valence-corrected chi connectivity index (χ4v) is 1.69. The van der Waals surface area contributed by atoms with E-state index >= 15 is 0 Å². The van der Waals surface area contributed by atoms with Crippen LogP contribution in [0.15, 0.2) is 24.3 Å². The molecule has 2 N–H and O–H groups in total. The first kappa shape index (κ1) is 16.5. The largest absolute Gasteiger partial charge is 0.354 e. The Bertz CT molecular complexity index is 455. The van der Waals surface area contributed by atoms with Gasteiger partial charge in [-0.25, -0.2) is 0 Å². The quantitative estimate of drug-likeness (QED) is 0.793. The number of amides is 2. The summed E-state index contributed by atoms with van der Waals surface area (Å²) in [5, 5.41) is 4.80. The number of alkyl halides is 1. The lowest BCUT2D eigenvalue weighted by Crippen LogP contribution is -2.32. The monoisotopic (exact) mass is 296 g/mol. The highest BCUT2D eigenvalue weighted by atomic mass is 35.5. The van der Waals surface area contributed by atoms with Crippen molar-refractivity contribution in [2.24, 2.45) is 0 Å². The highest BCUT2D eigenvalue weighted by Crippen LogP contribution is 2.17. The van der Waals surface area contributed by atoms with Gasteiger partial charge >= 0.3 is 0 Å². The Morgan fingerprint density at radius 3 is 2.25 bits per heavy atom. The Morgan fingerprint density at radius 1 is 1.15 bits per heavy atom. The van der Waals surface area contributed by atoms with Crippen molar-refractivity contribution in [3.8, 4) is 0 Å². The molecule has 0 aromatic heterocycles. The smallest absolute Gasteiger partial charge is 0.237 e. The molecule has 0 aliphatic carbocycles. The van der Waals surface area contributed by atoms with Crippen LogP contribution in [0.3, 0.4) is 0 Å². The van der Waals surface area contributed by atoms with Crippen molar-refractivity contribution < 1.29 is 9.59 Å². The zero-order valence-electron chi connectivity index (χ0n) is 12.1. The standard InChI is InChI=1S/C15H21ClN2O2/c1-10(2)12-4-6-13(7-5-12)18-14(19)8-9-17-15(20)11(3)16/h4-7,10-11H,8-9H2,1-3H3,(H,17,20)(H,18,19)/t11-/m0/s1. The Morgan fingerprint density at radius 2 is 1.75 bits per heavy atom. The lowest BCUT2D eigenvalue weighted by atomic mass is 10.0. The molecule has 1 aromatic carbocycles. The Hall–Kier alpha value is -1.55. The first-order valence-electron chi connectivity index (χ1n) is 6.71. The maximum atomic E-state index is 11.7. The van der Waals surface area contributed by atoms with Gasteiger partial charge in [0.2, 0.25) is 11.8 Å².